The summed E-state index contributed by atoms with van der Waals surface area (Å²) in [5.41, 5.74) is 6.23. The summed E-state index contributed by atoms with van der Waals surface area (Å²) in [6, 6.07) is 4.54. The van der Waals surface area contributed by atoms with Gasteiger partial charge < -0.3 is 0 Å². The van der Waals surface area contributed by atoms with Crippen LogP contribution in [0.15, 0.2) is 17.5 Å². The van der Waals surface area contributed by atoms with E-state index >= 15 is 0 Å². The first kappa shape index (κ1) is 18.2. The van der Waals surface area contributed by atoms with Crippen LogP contribution in [0.3, 0.4) is 0 Å². The first-order valence-corrected chi connectivity index (χ1v) is 11.8. The molecule has 2 aromatic heterocycles. The first-order chi connectivity index (χ1) is 12.8. The molecule has 1 nitrogen and oxygen atoms in total. The third-order valence-electron chi connectivity index (χ3n) is 6.10. The van der Waals surface area contributed by atoms with Crippen molar-refractivity contribution in [3.63, 3.8) is 0 Å². The molecule has 2 aliphatic rings. The van der Waals surface area contributed by atoms with Crippen molar-refractivity contribution in [1.29, 1.82) is 0 Å². The fraction of sp³-hybridized carbons (Fsp3) is 0.522. The van der Waals surface area contributed by atoms with Crippen LogP contribution in [0, 0.1) is 0 Å². The Bertz CT molecular complexity index is 823. The Kier molecular flexibility index (Phi) is 5.47. The molecule has 3 heteroatoms. The van der Waals surface area contributed by atoms with Crippen molar-refractivity contribution in [2.45, 2.75) is 77.0 Å². The molecule has 0 amide bonds. The maximum atomic E-state index is 11.4. The number of unbranched alkanes of at least 4 members (excludes halogenated alkanes) is 2. The molecule has 2 atom stereocenters. The molecule has 0 spiro atoms. The minimum Gasteiger partial charge on any atom is -0.297 e. The largest absolute Gasteiger partial charge is 0.297 e. The number of rotatable bonds is 7. The van der Waals surface area contributed by atoms with Gasteiger partial charge in [0.05, 0.1) is 4.88 Å². The highest BCUT2D eigenvalue weighted by Gasteiger charge is 2.35. The van der Waals surface area contributed by atoms with Crippen molar-refractivity contribution in [2.75, 3.05) is 0 Å². The second-order valence-corrected chi connectivity index (χ2v) is 9.80. The number of fused-ring (bicyclic) bond motifs is 2. The summed E-state index contributed by atoms with van der Waals surface area (Å²) in [7, 11) is 0. The van der Waals surface area contributed by atoms with Crippen LogP contribution >= 0.6 is 22.7 Å². The zero-order chi connectivity index (χ0) is 18.1. The normalized spacial score (nSPS) is 24.1. The van der Waals surface area contributed by atoms with E-state index in [0.717, 1.165) is 11.2 Å². The van der Waals surface area contributed by atoms with Crippen molar-refractivity contribution < 1.29 is 4.79 Å². The molecule has 2 heterocycles. The molecule has 2 aliphatic carbocycles. The van der Waals surface area contributed by atoms with Gasteiger partial charge >= 0.3 is 0 Å². The van der Waals surface area contributed by atoms with E-state index in [1.54, 1.807) is 32.9 Å². The Morgan fingerprint density at radius 1 is 1.00 bits per heavy atom. The standard InChI is InChI=1S/C23H28OS2/c1-3-5-7-15-11-20(22-18(15)9-10-25-22)21-12-16(8-6-4-2)19-13-17(14-24)26-23(19)21/h9-10,13-16H,3-8,11-12H2,1-2H3/b21-20+. The third-order valence-corrected chi connectivity index (χ3v) is 8.22. The van der Waals surface area contributed by atoms with E-state index < -0.39 is 0 Å². The molecule has 0 saturated heterocycles. The van der Waals surface area contributed by atoms with Crippen LogP contribution in [0.1, 0.15) is 108 Å². The molecule has 138 valence electrons. The van der Waals surface area contributed by atoms with Gasteiger partial charge in [0.15, 0.2) is 6.29 Å². The van der Waals surface area contributed by atoms with Gasteiger partial charge in [-0.3, -0.25) is 4.79 Å². The quantitative estimate of drug-likeness (QED) is 0.443. The second kappa shape index (κ2) is 7.82. The van der Waals surface area contributed by atoms with E-state index in [-0.39, 0.29) is 0 Å². The van der Waals surface area contributed by atoms with Gasteiger partial charge in [-0.25, -0.2) is 0 Å². The SMILES string of the molecule is CCCCC1C/C(=C2/CC(CCCC)c3cc(C=O)sc32)c2sccc21. The van der Waals surface area contributed by atoms with Gasteiger partial charge in [0.2, 0.25) is 0 Å². The Morgan fingerprint density at radius 2 is 1.65 bits per heavy atom. The molecule has 2 aromatic rings. The average Bonchev–Trinajstić information content (AvgIpc) is 3.39. The highest BCUT2D eigenvalue weighted by molar-refractivity contribution is 7.15. The summed E-state index contributed by atoms with van der Waals surface area (Å²) < 4.78 is 0. The van der Waals surface area contributed by atoms with Crippen LogP contribution in [-0.2, 0) is 0 Å². The summed E-state index contributed by atoms with van der Waals surface area (Å²) in [6.45, 7) is 4.56. The summed E-state index contributed by atoms with van der Waals surface area (Å²) in [5.74, 6) is 1.33. The van der Waals surface area contributed by atoms with Crippen LogP contribution in [0.2, 0.25) is 0 Å². The highest BCUT2D eigenvalue weighted by atomic mass is 32.1. The van der Waals surface area contributed by atoms with E-state index in [9.17, 15) is 4.79 Å². The molecule has 2 unspecified atom stereocenters. The predicted molar refractivity (Wildman–Crippen MR) is 115 cm³/mol. The lowest BCUT2D eigenvalue weighted by Crippen LogP contribution is -1.93. The zero-order valence-corrected chi connectivity index (χ0v) is 17.5. The third kappa shape index (κ3) is 3.14. The summed E-state index contributed by atoms with van der Waals surface area (Å²) in [6.07, 6.45) is 11.1. The van der Waals surface area contributed by atoms with E-state index in [1.165, 1.54) is 61.8 Å². The Hall–Kier alpha value is -1.19. The molecule has 0 fully saturated rings. The molecular weight excluding hydrogens is 356 g/mol. The minimum absolute atomic E-state index is 0.621. The van der Waals surface area contributed by atoms with Gasteiger partial charge in [-0.05, 0) is 77.3 Å². The van der Waals surface area contributed by atoms with Gasteiger partial charge in [0, 0.05) is 9.75 Å². The van der Waals surface area contributed by atoms with E-state index in [2.05, 4.69) is 31.4 Å². The zero-order valence-electron chi connectivity index (χ0n) is 15.8. The lowest BCUT2D eigenvalue weighted by atomic mass is 9.94. The molecule has 0 radical (unpaired) electrons. The Morgan fingerprint density at radius 3 is 2.31 bits per heavy atom. The number of hydrogen-bond acceptors (Lipinski definition) is 3. The molecule has 0 bridgehead atoms. The number of hydrogen-bond donors (Lipinski definition) is 0. The fourth-order valence-corrected chi connectivity index (χ4v) is 6.96. The lowest BCUT2D eigenvalue weighted by Gasteiger charge is -2.11. The van der Waals surface area contributed by atoms with E-state index in [1.807, 2.05) is 11.3 Å². The monoisotopic (exact) mass is 384 g/mol. The fourth-order valence-electron chi connectivity index (χ4n) is 4.74. The van der Waals surface area contributed by atoms with Crippen molar-refractivity contribution in [2.24, 2.45) is 0 Å². The number of aldehydes is 1. The number of thiophene rings is 2. The van der Waals surface area contributed by atoms with Gasteiger partial charge in [0.25, 0.3) is 0 Å². The van der Waals surface area contributed by atoms with E-state index in [4.69, 9.17) is 0 Å². The van der Waals surface area contributed by atoms with Crippen molar-refractivity contribution in [3.05, 3.63) is 43.3 Å². The number of carbonyl (C=O) groups excluding carboxylic acids is 1. The topological polar surface area (TPSA) is 17.1 Å². The minimum atomic E-state index is 0.621. The molecule has 0 saturated carbocycles. The molecule has 4 rings (SSSR count). The maximum Gasteiger partial charge on any atom is 0.160 e. The van der Waals surface area contributed by atoms with Gasteiger partial charge in [0.1, 0.15) is 0 Å². The molecule has 0 aromatic carbocycles. The van der Waals surface area contributed by atoms with Crippen molar-refractivity contribution in [1.82, 2.24) is 0 Å². The summed E-state index contributed by atoms with van der Waals surface area (Å²) >= 11 is 3.66. The lowest BCUT2D eigenvalue weighted by molar-refractivity contribution is 0.112. The van der Waals surface area contributed by atoms with Crippen molar-refractivity contribution in [3.8, 4) is 0 Å². The average molecular weight is 385 g/mol. The summed E-state index contributed by atoms with van der Waals surface area (Å²) in [4.78, 5) is 15.3. The van der Waals surface area contributed by atoms with Crippen molar-refractivity contribution >= 4 is 40.1 Å². The Balaban J connectivity index is 1.73. The number of allylic oxidation sites excluding steroid dienone is 2. The maximum absolute atomic E-state index is 11.4. The van der Waals surface area contributed by atoms with Gasteiger partial charge in [-0.2, -0.15) is 0 Å². The van der Waals surface area contributed by atoms with Crippen LogP contribution in [-0.4, -0.2) is 6.29 Å². The van der Waals surface area contributed by atoms with Gasteiger partial charge in [-0.15, -0.1) is 22.7 Å². The van der Waals surface area contributed by atoms with Crippen LogP contribution < -0.4 is 0 Å². The first-order valence-electron chi connectivity index (χ1n) is 10.2. The van der Waals surface area contributed by atoms with E-state index in [0.29, 0.717) is 11.8 Å². The molecule has 0 N–H and O–H groups in total. The van der Waals surface area contributed by atoms with Gasteiger partial charge in [-0.1, -0.05) is 39.5 Å². The van der Waals surface area contributed by atoms with Crippen LogP contribution in [0.4, 0.5) is 0 Å². The summed E-state index contributed by atoms with van der Waals surface area (Å²) in [5, 5.41) is 2.28. The predicted octanol–water partition coefficient (Wildman–Crippen LogP) is 7.89. The smallest absolute Gasteiger partial charge is 0.160 e. The molecule has 0 aliphatic heterocycles. The molecule has 26 heavy (non-hydrogen) atoms. The molecular formula is C23H28OS2. The number of carbonyl (C=O) groups is 1. The van der Waals surface area contributed by atoms with Crippen LogP contribution in [0.5, 0.6) is 0 Å². The highest BCUT2D eigenvalue weighted by Crippen LogP contribution is 2.56. The van der Waals surface area contributed by atoms with Crippen LogP contribution in [0.25, 0.3) is 11.1 Å². The Labute approximate surface area is 165 Å². The second-order valence-electron chi connectivity index (χ2n) is 7.80.